The van der Waals surface area contributed by atoms with Crippen molar-refractivity contribution < 1.29 is 4.63 Å². The molecule has 1 aromatic heterocycles. The number of nitrogens with zero attached hydrogens (tertiary/aromatic N) is 2. The zero-order valence-electron chi connectivity index (χ0n) is 13.2. The van der Waals surface area contributed by atoms with E-state index in [1.54, 1.807) is 0 Å². The van der Waals surface area contributed by atoms with E-state index < -0.39 is 0 Å². The summed E-state index contributed by atoms with van der Waals surface area (Å²) >= 11 is 0. The van der Waals surface area contributed by atoms with Gasteiger partial charge in [0.15, 0.2) is 11.0 Å². The molecule has 114 valence electrons. The Morgan fingerprint density at radius 1 is 1.10 bits per heavy atom. The number of anilines is 2. The number of aromatic nitrogens is 2. The second-order valence-corrected chi connectivity index (χ2v) is 7.92. The number of benzene rings is 1. The first-order valence-electron chi connectivity index (χ1n) is 7.53. The van der Waals surface area contributed by atoms with Gasteiger partial charge in [0.05, 0.1) is 11.4 Å². The van der Waals surface area contributed by atoms with Crippen LogP contribution in [0.4, 0.5) is 11.4 Å². The fourth-order valence-corrected chi connectivity index (χ4v) is 4.17. The molecule has 2 aromatic rings. The highest BCUT2D eigenvalue weighted by Gasteiger charge is 2.38. The van der Waals surface area contributed by atoms with Crippen molar-refractivity contribution in [1.29, 1.82) is 0 Å². The monoisotopic (exact) mass is 288 g/mol. The maximum absolute atomic E-state index is 5.90. The van der Waals surface area contributed by atoms with Crippen LogP contribution in [0.15, 0.2) is 16.8 Å². The highest BCUT2D eigenvalue weighted by Crippen LogP contribution is 2.46. The first-order chi connectivity index (χ1) is 9.76. The molecule has 5 nitrogen and oxygen atoms in total. The summed E-state index contributed by atoms with van der Waals surface area (Å²) in [5, 5.41) is 11.5. The Morgan fingerprint density at radius 2 is 1.71 bits per heavy atom. The lowest BCUT2D eigenvalue weighted by Crippen LogP contribution is -2.40. The van der Waals surface area contributed by atoms with E-state index in [9.17, 15) is 0 Å². The fraction of sp³-hybridized carbons (Fsp3) is 0.625. The van der Waals surface area contributed by atoms with Crippen molar-refractivity contribution in [3.8, 4) is 0 Å². The third kappa shape index (κ3) is 2.82. The van der Waals surface area contributed by atoms with Crippen LogP contribution in [0.3, 0.4) is 0 Å². The third-order valence-electron chi connectivity index (χ3n) is 4.36. The molecule has 1 aromatic carbocycles. The van der Waals surface area contributed by atoms with Crippen molar-refractivity contribution in [3.63, 3.8) is 0 Å². The molecule has 1 heterocycles. The van der Waals surface area contributed by atoms with Gasteiger partial charge in [-0.2, -0.15) is 0 Å². The van der Waals surface area contributed by atoms with Gasteiger partial charge in [-0.15, -0.1) is 0 Å². The largest absolute Gasteiger partial charge is 0.397 e. The van der Waals surface area contributed by atoms with Crippen molar-refractivity contribution in [2.45, 2.75) is 53.0 Å². The summed E-state index contributed by atoms with van der Waals surface area (Å²) in [7, 11) is 0. The average molecular weight is 288 g/mol. The van der Waals surface area contributed by atoms with Gasteiger partial charge in [-0.1, -0.05) is 27.7 Å². The molecule has 0 spiro atoms. The first-order valence-corrected chi connectivity index (χ1v) is 7.53. The maximum atomic E-state index is 5.90. The molecule has 1 fully saturated rings. The normalized spacial score (nSPS) is 21.5. The highest BCUT2D eigenvalue weighted by molar-refractivity contribution is 5.95. The number of nitrogen functional groups attached to an aromatic ring is 1. The van der Waals surface area contributed by atoms with E-state index in [2.05, 4.69) is 43.3 Å². The predicted octanol–water partition coefficient (Wildman–Crippen LogP) is 3.82. The third-order valence-corrected chi connectivity index (χ3v) is 4.36. The van der Waals surface area contributed by atoms with E-state index in [4.69, 9.17) is 10.4 Å². The van der Waals surface area contributed by atoms with E-state index >= 15 is 0 Å². The number of hydrogen-bond donors (Lipinski definition) is 2. The number of nitrogens with two attached hydrogens (primary N) is 1. The summed E-state index contributed by atoms with van der Waals surface area (Å²) in [5.41, 5.74) is 9.49. The molecule has 0 amide bonds. The zero-order valence-corrected chi connectivity index (χ0v) is 13.2. The Morgan fingerprint density at radius 3 is 2.38 bits per heavy atom. The Labute approximate surface area is 125 Å². The van der Waals surface area contributed by atoms with E-state index in [1.165, 1.54) is 6.42 Å². The van der Waals surface area contributed by atoms with Gasteiger partial charge in [0, 0.05) is 6.04 Å². The quantitative estimate of drug-likeness (QED) is 0.821. The summed E-state index contributed by atoms with van der Waals surface area (Å²) in [6, 6.07) is 4.25. The molecule has 3 rings (SSSR count). The van der Waals surface area contributed by atoms with Gasteiger partial charge in [0.1, 0.15) is 0 Å². The smallest absolute Gasteiger partial charge is 0.160 e. The standard InChI is InChI=1S/C16H24N4O/c1-15(2)7-10(8-16(3,4)9-15)18-12-6-5-11(17)13-14(12)20-21-19-13/h5-6,10,18H,7-9,17H2,1-4H3. The lowest BCUT2D eigenvalue weighted by Gasteiger charge is -2.45. The number of nitrogens with one attached hydrogen (secondary N) is 1. The Balaban J connectivity index is 1.88. The van der Waals surface area contributed by atoms with Gasteiger partial charge in [0.2, 0.25) is 0 Å². The van der Waals surface area contributed by atoms with Crippen LogP contribution in [0.25, 0.3) is 11.0 Å². The molecule has 0 saturated heterocycles. The molecule has 5 heteroatoms. The maximum Gasteiger partial charge on any atom is 0.160 e. The van der Waals surface area contributed by atoms with Crippen LogP contribution in [0, 0.1) is 10.8 Å². The molecule has 0 atom stereocenters. The summed E-state index contributed by atoms with van der Waals surface area (Å²) < 4.78 is 4.84. The molecular weight excluding hydrogens is 264 g/mol. The molecule has 0 radical (unpaired) electrons. The summed E-state index contributed by atoms with van der Waals surface area (Å²) in [6.07, 6.45) is 3.54. The Bertz CT molecular complexity index is 643. The molecule has 0 bridgehead atoms. The summed E-state index contributed by atoms with van der Waals surface area (Å²) in [5.74, 6) is 0. The minimum absolute atomic E-state index is 0.342. The zero-order chi connectivity index (χ0) is 15.3. The van der Waals surface area contributed by atoms with Crippen LogP contribution in [-0.2, 0) is 0 Å². The number of rotatable bonds is 2. The first kappa shape index (κ1) is 14.2. The Hall–Kier alpha value is -1.78. The summed E-state index contributed by atoms with van der Waals surface area (Å²) in [4.78, 5) is 0. The molecule has 3 N–H and O–H groups in total. The van der Waals surface area contributed by atoms with Crippen LogP contribution < -0.4 is 11.1 Å². The van der Waals surface area contributed by atoms with Crippen LogP contribution in [0.1, 0.15) is 47.0 Å². The SMILES string of the molecule is CC1(C)CC(Nc2ccc(N)c3nonc23)CC(C)(C)C1. The highest BCUT2D eigenvalue weighted by atomic mass is 16.6. The van der Waals surface area contributed by atoms with Gasteiger partial charge in [-0.3, -0.25) is 0 Å². The lowest BCUT2D eigenvalue weighted by molar-refractivity contribution is 0.105. The predicted molar refractivity (Wildman–Crippen MR) is 85.0 cm³/mol. The van der Waals surface area contributed by atoms with Crippen molar-refractivity contribution in [2.75, 3.05) is 11.1 Å². The second-order valence-electron chi connectivity index (χ2n) is 7.92. The van der Waals surface area contributed by atoms with Gasteiger partial charge in [-0.25, -0.2) is 4.63 Å². The molecule has 1 aliphatic rings. The van der Waals surface area contributed by atoms with E-state index in [0.29, 0.717) is 28.1 Å². The molecular formula is C16H24N4O. The molecule has 1 aliphatic carbocycles. The van der Waals surface area contributed by atoms with E-state index in [-0.39, 0.29) is 0 Å². The van der Waals surface area contributed by atoms with Crippen molar-refractivity contribution in [3.05, 3.63) is 12.1 Å². The van der Waals surface area contributed by atoms with Gasteiger partial charge in [0.25, 0.3) is 0 Å². The van der Waals surface area contributed by atoms with Crippen LogP contribution in [0.2, 0.25) is 0 Å². The molecule has 0 aliphatic heterocycles. The Kier molecular flexibility index (Phi) is 3.11. The van der Waals surface area contributed by atoms with E-state index in [0.717, 1.165) is 24.0 Å². The molecule has 1 saturated carbocycles. The van der Waals surface area contributed by atoms with Crippen molar-refractivity contribution >= 4 is 22.4 Å². The minimum Gasteiger partial charge on any atom is -0.397 e. The molecule has 0 unspecified atom stereocenters. The van der Waals surface area contributed by atoms with Gasteiger partial charge >= 0.3 is 0 Å². The fourth-order valence-electron chi connectivity index (χ4n) is 4.17. The van der Waals surface area contributed by atoms with Crippen LogP contribution >= 0.6 is 0 Å². The van der Waals surface area contributed by atoms with Crippen molar-refractivity contribution in [2.24, 2.45) is 10.8 Å². The van der Waals surface area contributed by atoms with E-state index in [1.807, 2.05) is 12.1 Å². The van der Waals surface area contributed by atoms with Crippen LogP contribution in [0.5, 0.6) is 0 Å². The number of fused-ring (bicyclic) bond motifs is 1. The molecule has 21 heavy (non-hydrogen) atoms. The topological polar surface area (TPSA) is 77.0 Å². The van der Waals surface area contributed by atoms with Gasteiger partial charge < -0.3 is 11.1 Å². The minimum atomic E-state index is 0.342. The number of hydrogen-bond acceptors (Lipinski definition) is 5. The van der Waals surface area contributed by atoms with Gasteiger partial charge in [-0.05, 0) is 52.5 Å². The second kappa shape index (κ2) is 4.61. The average Bonchev–Trinajstić information content (AvgIpc) is 2.78. The van der Waals surface area contributed by atoms with Crippen molar-refractivity contribution in [1.82, 2.24) is 10.3 Å². The lowest BCUT2D eigenvalue weighted by atomic mass is 9.63. The summed E-state index contributed by atoms with van der Waals surface area (Å²) in [6.45, 7) is 9.38. The van der Waals surface area contributed by atoms with Crippen LogP contribution in [-0.4, -0.2) is 16.4 Å².